The standard InChI is InChI=1S/C17H15ClFNO2S/c1-4-10-9(2)20(17(21)15-5-6-16(18)23-15)13-8-12(19)14(22-3)7-11(10)13/h5-8H,4H2,1-3H3. The van der Waals surface area contributed by atoms with E-state index in [1.807, 2.05) is 13.8 Å². The van der Waals surface area contributed by atoms with E-state index >= 15 is 0 Å². The number of aryl methyl sites for hydroxylation is 1. The van der Waals surface area contributed by atoms with Crippen molar-refractivity contribution in [2.75, 3.05) is 7.11 Å². The average Bonchev–Trinajstić information content (AvgIpc) is 3.06. The molecule has 0 amide bonds. The molecule has 0 N–H and O–H groups in total. The number of rotatable bonds is 3. The van der Waals surface area contributed by atoms with Crippen molar-refractivity contribution in [3.63, 3.8) is 0 Å². The number of methoxy groups -OCH3 is 1. The lowest BCUT2D eigenvalue weighted by Gasteiger charge is -2.06. The van der Waals surface area contributed by atoms with Crippen LogP contribution in [-0.2, 0) is 6.42 Å². The Bertz CT molecular complexity index is 913. The number of benzene rings is 1. The van der Waals surface area contributed by atoms with Gasteiger partial charge >= 0.3 is 0 Å². The van der Waals surface area contributed by atoms with Crippen LogP contribution in [0.25, 0.3) is 10.9 Å². The molecule has 0 aliphatic carbocycles. The molecular formula is C17H15ClFNO2S. The molecule has 120 valence electrons. The molecule has 0 saturated heterocycles. The van der Waals surface area contributed by atoms with Gasteiger partial charge in [-0.25, -0.2) is 4.39 Å². The molecule has 2 aromatic heterocycles. The molecule has 0 aliphatic rings. The number of carbonyl (C=O) groups is 1. The monoisotopic (exact) mass is 351 g/mol. The van der Waals surface area contributed by atoms with Gasteiger partial charge in [0.15, 0.2) is 11.6 Å². The van der Waals surface area contributed by atoms with Gasteiger partial charge in [0.2, 0.25) is 0 Å². The van der Waals surface area contributed by atoms with Crippen LogP contribution >= 0.6 is 22.9 Å². The normalized spacial score (nSPS) is 11.2. The predicted octanol–water partition coefficient (Wildman–Crippen LogP) is 5.06. The second-order valence-electron chi connectivity index (χ2n) is 5.17. The van der Waals surface area contributed by atoms with Crippen molar-refractivity contribution in [2.24, 2.45) is 0 Å². The number of ether oxygens (including phenoxy) is 1. The van der Waals surface area contributed by atoms with Gasteiger partial charge in [-0.15, -0.1) is 11.3 Å². The number of aromatic nitrogens is 1. The summed E-state index contributed by atoms with van der Waals surface area (Å²) in [5, 5.41) is 0.833. The number of hydrogen-bond acceptors (Lipinski definition) is 3. The van der Waals surface area contributed by atoms with Gasteiger partial charge in [0.1, 0.15) is 0 Å². The van der Waals surface area contributed by atoms with Gasteiger partial charge in [0.05, 0.1) is 21.8 Å². The largest absolute Gasteiger partial charge is 0.494 e. The summed E-state index contributed by atoms with van der Waals surface area (Å²) in [6.45, 7) is 3.88. The molecule has 0 bridgehead atoms. The molecule has 0 aliphatic heterocycles. The molecule has 0 unspecified atom stereocenters. The van der Waals surface area contributed by atoms with Gasteiger partial charge in [0, 0.05) is 17.1 Å². The maximum Gasteiger partial charge on any atom is 0.272 e. The summed E-state index contributed by atoms with van der Waals surface area (Å²) in [5.41, 5.74) is 2.37. The second kappa shape index (κ2) is 5.98. The van der Waals surface area contributed by atoms with E-state index in [1.165, 1.54) is 24.5 Å². The summed E-state index contributed by atoms with van der Waals surface area (Å²) >= 11 is 7.14. The lowest BCUT2D eigenvalue weighted by atomic mass is 10.1. The zero-order valence-electron chi connectivity index (χ0n) is 12.9. The van der Waals surface area contributed by atoms with Crippen molar-refractivity contribution in [2.45, 2.75) is 20.3 Å². The van der Waals surface area contributed by atoms with Crippen LogP contribution < -0.4 is 4.74 Å². The molecule has 0 spiro atoms. The van der Waals surface area contributed by atoms with Gasteiger partial charge in [-0.1, -0.05) is 18.5 Å². The molecule has 23 heavy (non-hydrogen) atoms. The topological polar surface area (TPSA) is 31.2 Å². The molecule has 3 rings (SSSR count). The predicted molar refractivity (Wildman–Crippen MR) is 91.6 cm³/mol. The quantitative estimate of drug-likeness (QED) is 0.660. The van der Waals surface area contributed by atoms with Crippen molar-refractivity contribution >= 4 is 39.7 Å². The Morgan fingerprint density at radius 2 is 2.13 bits per heavy atom. The smallest absolute Gasteiger partial charge is 0.272 e. The molecule has 0 fully saturated rings. The summed E-state index contributed by atoms with van der Waals surface area (Å²) in [6.07, 6.45) is 0.739. The van der Waals surface area contributed by atoms with Gasteiger partial charge in [0.25, 0.3) is 5.91 Å². The Hall–Kier alpha value is -1.85. The highest BCUT2D eigenvalue weighted by Gasteiger charge is 2.22. The van der Waals surface area contributed by atoms with Crippen LogP contribution in [0.1, 0.15) is 27.9 Å². The van der Waals surface area contributed by atoms with E-state index in [1.54, 1.807) is 22.8 Å². The number of fused-ring (bicyclic) bond motifs is 1. The number of nitrogens with zero attached hydrogens (tertiary/aromatic N) is 1. The number of halogens is 2. The Labute approximate surface area is 142 Å². The minimum absolute atomic E-state index is 0.177. The first-order chi connectivity index (χ1) is 11.0. The van der Waals surface area contributed by atoms with Crippen molar-refractivity contribution < 1.29 is 13.9 Å². The molecule has 3 aromatic rings. The summed E-state index contributed by atoms with van der Waals surface area (Å²) in [6, 6.07) is 6.38. The average molecular weight is 352 g/mol. The molecule has 0 radical (unpaired) electrons. The lowest BCUT2D eigenvalue weighted by molar-refractivity contribution is 0.0967. The first kappa shape index (κ1) is 16.0. The third-order valence-corrected chi connectivity index (χ3v) is 5.17. The van der Waals surface area contributed by atoms with E-state index in [2.05, 4.69) is 0 Å². The van der Waals surface area contributed by atoms with Crippen LogP contribution in [0.3, 0.4) is 0 Å². The van der Waals surface area contributed by atoms with Crippen LogP contribution in [-0.4, -0.2) is 17.6 Å². The third-order valence-electron chi connectivity index (χ3n) is 3.95. The summed E-state index contributed by atoms with van der Waals surface area (Å²) in [5.74, 6) is -0.511. The van der Waals surface area contributed by atoms with Gasteiger partial charge in [-0.2, -0.15) is 0 Å². The van der Waals surface area contributed by atoms with E-state index in [-0.39, 0.29) is 11.7 Å². The van der Waals surface area contributed by atoms with Crippen LogP contribution in [0.15, 0.2) is 24.3 Å². The second-order valence-corrected chi connectivity index (χ2v) is 6.88. The molecular weight excluding hydrogens is 337 g/mol. The Morgan fingerprint density at radius 3 is 2.70 bits per heavy atom. The van der Waals surface area contributed by atoms with E-state index in [9.17, 15) is 9.18 Å². The minimum Gasteiger partial charge on any atom is -0.494 e. The lowest BCUT2D eigenvalue weighted by Crippen LogP contribution is -2.12. The third kappa shape index (κ3) is 2.54. The molecule has 1 aromatic carbocycles. The molecule has 2 heterocycles. The van der Waals surface area contributed by atoms with Crippen LogP contribution in [0.5, 0.6) is 5.75 Å². The summed E-state index contributed by atoms with van der Waals surface area (Å²) in [4.78, 5) is 13.4. The first-order valence-electron chi connectivity index (χ1n) is 7.15. The highest BCUT2D eigenvalue weighted by molar-refractivity contribution is 7.18. The van der Waals surface area contributed by atoms with Crippen molar-refractivity contribution in [3.05, 3.63) is 50.6 Å². The number of thiophene rings is 1. The van der Waals surface area contributed by atoms with E-state index in [0.717, 1.165) is 23.1 Å². The van der Waals surface area contributed by atoms with Gasteiger partial charge < -0.3 is 4.74 Å². The molecule has 0 atom stereocenters. The number of hydrogen-bond donors (Lipinski definition) is 0. The Kier molecular flexibility index (Phi) is 4.17. The van der Waals surface area contributed by atoms with E-state index in [4.69, 9.17) is 16.3 Å². The maximum absolute atomic E-state index is 14.1. The SMILES string of the molecule is CCc1c(C)n(C(=O)c2ccc(Cl)s2)c2cc(F)c(OC)cc12. The molecule has 0 saturated carbocycles. The highest BCUT2D eigenvalue weighted by atomic mass is 35.5. The van der Waals surface area contributed by atoms with E-state index < -0.39 is 5.82 Å². The van der Waals surface area contributed by atoms with Gasteiger partial charge in [-0.05, 0) is 37.1 Å². The van der Waals surface area contributed by atoms with Crippen LogP contribution in [0, 0.1) is 12.7 Å². The summed E-state index contributed by atoms with van der Waals surface area (Å²) < 4.78 is 21.3. The van der Waals surface area contributed by atoms with Crippen LogP contribution in [0.4, 0.5) is 4.39 Å². The zero-order chi connectivity index (χ0) is 16.7. The maximum atomic E-state index is 14.1. The van der Waals surface area contributed by atoms with Crippen molar-refractivity contribution in [1.82, 2.24) is 4.57 Å². The minimum atomic E-state index is -0.488. The summed E-state index contributed by atoms with van der Waals surface area (Å²) in [7, 11) is 1.43. The fourth-order valence-electron chi connectivity index (χ4n) is 2.88. The fraction of sp³-hybridized carbons (Fsp3) is 0.235. The van der Waals surface area contributed by atoms with E-state index in [0.29, 0.717) is 14.7 Å². The highest BCUT2D eigenvalue weighted by Crippen LogP contribution is 2.33. The van der Waals surface area contributed by atoms with Crippen LogP contribution in [0.2, 0.25) is 4.34 Å². The van der Waals surface area contributed by atoms with Gasteiger partial charge in [-0.3, -0.25) is 9.36 Å². The van der Waals surface area contributed by atoms with Crippen molar-refractivity contribution in [1.29, 1.82) is 0 Å². The Morgan fingerprint density at radius 1 is 1.39 bits per heavy atom. The number of carbonyl (C=O) groups excluding carboxylic acids is 1. The molecule has 3 nitrogen and oxygen atoms in total. The Balaban J connectivity index is 2.30. The van der Waals surface area contributed by atoms with Crippen molar-refractivity contribution in [3.8, 4) is 5.75 Å². The molecule has 6 heteroatoms. The first-order valence-corrected chi connectivity index (χ1v) is 8.34. The fourth-order valence-corrected chi connectivity index (χ4v) is 3.86. The zero-order valence-corrected chi connectivity index (χ0v) is 14.5.